The number of benzene rings is 1. The van der Waals surface area contributed by atoms with Gasteiger partial charge in [0.05, 0.1) is 18.0 Å². The minimum absolute atomic E-state index is 0.0437. The summed E-state index contributed by atoms with van der Waals surface area (Å²) in [5, 5.41) is 0. The van der Waals surface area contributed by atoms with E-state index in [9.17, 15) is 17.6 Å². The second-order valence-electron chi connectivity index (χ2n) is 6.27. The molecule has 0 aliphatic carbocycles. The topological polar surface area (TPSA) is 80.1 Å². The van der Waals surface area contributed by atoms with Gasteiger partial charge in [-0.3, -0.25) is 4.90 Å². The van der Waals surface area contributed by atoms with Crippen molar-refractivity contribution < 1.29 is 26.8 Å². The number of nitrogens with zero attached hydrogens (tertiary/aromatic N) is 2. The molecule has 2 heterocycles. The molecule has 0 radical (unpaired) electrons. The number of ether oxygens (including phenoxy) is 1. The van der Waals surface area contributed by atoms with Crippen LogP contribution in [0.1, 0.15) is 29.3 Å². The molecule has 146 valence electrons. The lowest BCUT2D eigenvalue weighted by Gasteiger charge is -2.36. The fourth-order valence-electron chi connectivity index (χ4n) is 3.08. The molecule has 0 N–H and O–H groups in total. The maximum absolute atomic E-state index is 13.4. The van der Waals surface area contributed by atoms with Crippen molar-refractivity contribution in [2.45, 2.75) is 17.9 Å². The van der Waals surface area contributed by atoms with E-state index in [4.69, 9.17) is 4.42 Å². The van der Waals surface area contributed by atoms with E-state index >= 15 is 0 Å². The average Bonchev–Trinajstić information content (AvgIpc) is 3.17. The van der Waals surface area contributed by atoms with Crippen LogP contribution in [0, 0.1) is 5.82 Å². The Bertz CT molecular complexity index is 919. The highest BCUT2D eigenvalue weighted by Gasteiger charge is 2.31. The van der Waals surface area contributed by atoms with Crippen LogP contribution in [0.25, 0.3) is 0 Å². The summed E-state index contributed by atoms with van der Waals surface area (Å²) in [5.74, 6) is -0.384. The van der Waals surface area contributed by atoms with E-state index in [-0.39, 0.29) is 29.8 Å². The molecule has 0 amide bonds. The molecule has 1 saturated heterocycles. The molecule has 1 aromatic carbocycles. The Kier molecular flexibility index (Phi) is 5.64. The summed E-state index contributed by atoms with van der Waals surface area (Å²) in [6.07, 6.45) is 0. The highest BCUT2D eigenvalue weighted by atomic mass is 32.2. The van der Waals surface area contributed by atoms with Crippen LogP contribution in [0.4, 0.5) is 4.39 Å². The van der Waals surface area contributed by atoms with E-state index in [0.717, 1.165) is 6.07 Å². The highest BCUT2D eigenvalue weighted by molar-refractivity contribution is 7.89. The molecule has 1 aliphatic rings. The summed E-state index contributed by atoms with van der Waals surface area (Å²) in [6.45, 7) is 3.48. The lowest BCUT2D eigenvalue weighted by molar-refractivity contribution is 0.0556. The van der Waals surface area contributed by atoms with Gasteiger partial charge in [-0.15, -0.1) is 0 Å². The number of hydrogen-bond acceptors (Lipinski definition) is 6. The van der Waals surface area contributed by atoms with Crippen molar-refractivity contribution in [1.82, 2.24) is 9.21 Å². The Morgan fingerprint density at radius 1 is 1.19 bits per heavy atom. The second-order valence-corrected chi connectivity index (χ2v) is 8.20. The first-order valence-electron chi connectivity index (χ1n) is 8.50. The zero-order valence-corrected chi connectivity index (χ0v) is 15.9. The molecule has 27 heavy (non-hydrogen) atoms. The fourth-order valence-corrected chi connectivity index (χ4v) is 4.53. The molecule has 1 atom stereocenters. The average molecular weight is 396 g/mol. The van der Waals surface area contributed by atoms with Gasteiger partial charge in [0.2, 0.25) is 15.8 Å². The first-order chi connectivity index (χ1) is 12.8. The number of hydrogen-bond donors (Lipinski definition) is 0. The zero-order valence-electron chi connectivity index (χ0n) is 15.1. The van der Waals surface area contributed by atoms with Gasteiger partial charge in [-0.1, -0.05) is 6.07 Å². The number of carbonyl (C=O) groups is 1. The first-order valence-corrected chi connectivity index (χ1v) is 9.95. The van der Waals surface area contributed by atoms with Crippen molar-refractivity contribution in [3.05, 3.63) is 53.7 Å². The third-order valence-corrected chi connectivity index (χ3v) is 6.57. The fraction of sp³-hybridized carbons (Fsp3) is 0.389. The Morgan fingerprint density at radius 3 is 2.52 bits per heavy atom. The van der Waals surface area contributed by atoms with Gasteiger partial charge >= 0.3 is 5.97 Å². The Hall–Kier alpha value is -2.23. The summed E-state index contributed by atoms with van der Waals surface area (Å²) >= 11 is 0. The normalized spacial score (nSPS) is 17.6. The van der Waals surface area contributed by atoms with E-state index in [1.165, 1.54) is 29.6 Å². The van der Waals surface area contributed by atoms with E-state index in [0.29, 0.717) is 18.8 Å². The van der Waals surface area contributed by atoms with Gasteiger partial charge in [0.15, 0.2) is 0 Å². The molecule has 1 aliphatic heterocycles. The molecule has 1 aromatic heterocycles. The summed E-state index contributed by atoms with van der Waals surface area (Å²) in [4.78, 5) is 13.5. The molecular weight excluding hydrogens is 375 g/mol. The minimum atomic E-state index is -3.73. The number of esters is 1. The highest BCUT2D eigenvalue weighted by Crippen LogP contribution is 2.26. The van der Waals surface area contributed by atoms with Crippen molar-refractivity contribution in [3.8, 4) is 0 Å². The van der Waals surface area contributed by atoms with Gasteiger partial charge in [0.1, 0.15) is 11.6 Å². The molecule has 9 heteroatoms. The second kappa shape index (κ2) is 7.79. The SMILES string of the molecule is COC(=O)c1ccc([C@H](C)N2CCN(S(=O)(=O)c3cccc(F)c3)CC2)o1. The molecule has 0 saturated carbocycles. The van der Waals surface area contributed by atoms with Crippen LogP contribution in [-0.2, 0) is 14.8 Å². The van der Waals surface area contributed by atoms with Gasteiger partial charge in [-0.2, -0.15) is 4.31 Å². The zero-order chi connectivity index (χ0) is 19.6. The summed E-state index contributed by atoms with van der Waals surface area (Å²) in [6, 6.07) is 8.17. The van der Waals surface area contributed by atoms with Gasteiger partial charge < -0.3 is 9.15 Å². The number of rotatable bonds is 5. The monoisotopic (exact) mass is 396 g/mol. The Balaban J connectivity index is 1.66. The summed E-state index contributed by atoms with van der Waals surface area (Å²) in [5.41, 5.74) is 0. The van der Waals surface area contributed by atoms with Crippen molar-refractivity contribution in [1.29, 1.82) is 0 Å². The molecule has 0 bridgehead atoms. The third-order valence-electron chi connectivity index (χ3n) is 4.68. The molecular formula is C18H21FN2O5S. The van der Waals surface area contributed by atoms with E-state index in [2.05, 4.69) is 9.64 Å². The van der Waals surface area contributed by atoms with Crippen LogP contribution >= 0.6 is 0 Å². The van der Waals surface area contributed by atoms with E-state index < -0.39 is 21.8 Å². The van der Waals surface area contributed by atoms with Crippen LogP contribution in [0.5, 0.6) is 0 Å². The number of methoxy groups -OCH3 is 1. The van der Waals surface area contributed by atoms with Crippen molar-refractivity contribution in [3.63, 3.8) is 0 Å². The maximum Gasteiger partial charge on any atom is 0.373 e. The minimum Gasteiger partial charge on any atom is -0.463 e. The smallest absolute Gasteiger partial charge is 0.373 e. The van der Waals surface area contributed by atoms with Crippen molar-refractivity contribution in [2.75, 3.05) is 33.3 Å². The summed E-state index contributed by atoms with van der Waals surface area (Å²) in [7, 11) is -2.44. The van der Waals surface area contributed by atoms with Crippen LogP contribution < -0.4 is 0 Å². The third kappa shape index (κ3) is 4.05. The first kappa shape index (κ1) is 19.5. The Morgan fingerprint density at radius 2 is 1.89 bits per heavy atom. The predicted molar refractivity (Wildman–Crippen MR) is 95.2 cm³/mol. The van der Waals surface area contributed by atoms with Crippen LogP contribution in [-0.4, -0.2) is 56.9 Å². The number of furan rings is 1. The molecule has 0 unspecified atom stereocenters. The van der Waals surface area contributed by atoms with Crippen LogP contribution in [0.15, 0.2) is 45.7 Å². The van der Waals surface area contributed by atoms with Crippen LogP contribution in [0.3, 0.4) is 0 Å². The lowest BCUT2D eigenvalue weighted by atomic mass is 10.2. The van der Waals surface area contributed by atoms with Crippen molar-refractivity contribution >= 4 is 16.0 Å². The Labute approximate surface area is 157 Å². The van der Waals surface area contributed by atoms with Gasteiger partial charge in [-0.25, -0.2) is 17.6 Å². The molecule has 3 rings (SSSR count). The van der Waals surface area contributed by atoms with E-state index in [1.54, 1.807) is 12.1 Å². The summed E-state index contributed by atoms with van der Waals surface area (Å²) < 4.78 is 50.2. The van der Waals surface area contributed by atoms with Crippen LogP contribution in [0.2, 0.25) is 0 Å². The standard InChI is InChI=1S/C18H21FN2O5S/c1-13(16-6-7-17(26-16)18(22)25-2)20-8-10-21(11-9-20)27(23,24)15-5-3-4-14(19)12-15/h3-7,12-13H,8-11H2,1-2H3/t13-/m0/s1. The quantitative estimate of drug-likeness (QED) is 0.722. The molecule has 2 aromatic rings. The number of sulfonamides is 1. The predicted octanol–water partition coefficient (Wildman–Crippen LogP) is 2.27. The van der Waals surface area contributed by atoms with Gasteiger partial charge in [0, 0.05) is 26.2 Å². The molecule has 1 fully saturated rings. The maximum atomic E-state index is 13.4. The largest absolute Gasteiger partial charge is 0.463 e. The van der Waals surface area contributed by atoms with Crippen molar-refractivity contribution in [2.24, 2.45) is 0 Å². The van der Waals surface area contributed by atoms with E-state index in [1.807, 2.05) is 6.92 Å². The molecule has 0 spiro atoms. The number of halogens is 1. The lowest BCUT2D eigenvalue weighted by Crippen LogP contribution is -2.49. The molecule has 7 nitrogen and oxygen atoms in total. The number of piperazine rings is 1. The number of carbonyl (C=O) groups excluding carboxylic acids is 1. The van der Waals surface area contributed by atoms with Gasteiger partial charge in [0.25, 0.3) is 0 Å². The van der Waals surface area contributed by atoms with Gasteiger partial charge in [-0.05, 0) is 37.3 Å².